The number of benzene rings is 3. The summed E-state index contributed by atoms with van der Waals surface area (Å²) in [5.74, 6) is 1.64. The number of amides is 1. The monoisotopic (exact) mass is 491 g/mol. The van der Waals surface area contributed by atoms with E-state index < -0.39 is 6.04 Å². The lowest BCUT2D eigenvalue weighted by Crippen LogP contribution is -2.44. The van der Waals surface area contributed by atoms with Crippen molar-refractivity contribution in [1.82, 2.24) is 4.90 Å². The van der Waals surface area contributed by atoms with Gasteiger partial charge in [0, 0.05) is 5.75 Å². The van der Waals surface area contributed by atoms with Gasteiger partial charge < -0.3 is 19.1 Å². The third-order valence-corrected chi connectivity index (χ3v) is 7.03. The lowest BCUT2D eigenvalue weighted by Gasteiger charge is -2.29. The molecule has 3 aromatic rings. The van der Waals surface area contributed by atoms with E-state index in [1.54, 1.807) is 23.1 Å². The number of hydrogen-bond acceptors (Lipinski definition) is 6. The van der Waals surface area contributed by atoms with Crippen LogP contribution in [0.5, 0.6) is 17.2 Å². The van der Waals surface area contributed by atoms with Crippen LogP contribution in [0.4, 0.5) is 0 Å². The Morgan fingerprint density at radius 2 is 1.71 bits per heavy atom. The average Bonchev–Trinajstić information content (AvgIpc) is 3.34. The van der Waals surface area contributed by atoms with E-state index in [1.165, 1.54) is 18.9 Å². The van der Waals surface area contributed by atoms with Crippen molar-refractivity contribution < 1.29 is 23.8 Å². The summed E-state index contributed by atoms with van der Waals surface area (Å²) in [5.41, 5.74) is 1.28. The van der Waals surface area contributed by atoms with Crippen LogP contribution in [0.15, 0.2) is 78.9 Å². The normalized spacial score (nSPS) is 17.1. The summed E-state index contributed by atoms with van der Waals surface area (Å²) in [6.07, 6.45) is 1.71. The van der Waals surface area contributed by atoms with Gasteiger partial charge in [-0.25, -0.2) is 4.79 Å². The van der Waals surface area contributed by atoms with Gasteiger partial charge in [0.05, 0.1) is 19.3 Å². The fourth-order valence-corrected chi connectivity index (χ4v) is 5.33. The van der Waals surface area contributed by atoms with Crippen LogP contribution >= 0.6 is 11.8 Å². The number of nitrogens with zero attached hydrogens (tertiary/aromatic N) is 1. The van der Waals surface area contributed by atoms with Crippen molar-refractivity contribution in [3.63, 3.8) is 0 Å². The molecular formula is C28H29NO5S. The van der Waals surface area contributed by atoms with Crippen molar-refractivity contribution in [3.8, 4) is 17.2 Å². The zero-order valence-corrected chi connectivity index (χ0v) is 20.7. The number of para-hydroxylation sites is 2. The zero-order chi connectivity index (χ0) is 24.6. The van der Waals surface area contributed by atoms with Gasteiger partial charge in [0.15, 0.2) is 0 Å². The molecule has 3 aromatic carbocycles. The van der Waals surface area contributed by atoms with E-state index in [9.17, 15) is 9.59 Å². The second-order valence-corrected chi connectivity index (χ2v) is 9.24. The van der Waals surface area contributed by atoms with Crippen LogP contribution in [0.25, 0.3) is 0 Å². The number of esters is 1. The molecule has 1 amide bonds. The molecule has 2 unspecified atom stereocenters. The minimum absolute atomic E-state index is 0.274. The summed E-state index contributed by atoms with van der Waals surface area (Å²) in [7, 11) is 1.53. The van der Waals surface area contributed by atoms with Crippen molar-refractivity contribution in [1.29, 1.82) is 0 Å². The van der Waals surface area contributed by atoms with Crippen molar-refractivity contribution >= 4 is 23.6 Å². The highest BCUT2D eigenvalue weighted by atomic mass is 32.2. The molecule has 2 atom stereocenters. The third-order valence-electron chi connectivity index (χ3n) is 5.71. The molecule has 1 aliphatic rings. The number of methoxy groups -OCH3 is 1. The lowest BCUT2D eigenvalue weighted by molar-refractivity contribution is -0.148. The number of rotatable bonds is 9. The molecule has 182 valence electrons. The molecule has 0 radical (unpaired) electrons. The fourth-order valence-electron chi connectivity index (χ4n) is 3.92. The van der Waals surface area contributed by atoms with Gasteiger partial charge in [-0.2, -0.15) is 0 Å². The standard InChI is InChI=1S/C28H29NO5S/c1-3-4-17-33-28(31)24-19-35-27(29(24)26(30)23-15-8-9-16-25(23)32-2)20-11-10-14-22(18-20)34-21-12-6-5-7-13-21/h5-16,18,24,27H,3-4,17,19H2,1-2H3. The Bertz CT molecular complexity index is 1150. The van der Waals surface area contributed by atoms with Gasteiger partial charge in [-0.1, -0.05) is 55.8 Å². The summed E-state index contributed by atoms with van der Waals surface area (Å²) in [6, 6.07) is 23.5. The molecule has 0 aliphatic carbocycles. The van der Waals surface area contributed by atoms with E-state index in [4.69, 9.17) is 14.2 Å². The molecule has 6 nitrogen and oxygen atoms in total. The molecule has 7 heteroatoms. The maximum atomic E-state index is 13.8. The Morgan fingerprint density at radius 1 is 0.971 bits per heavy atom. The van der Waals surface area contributed by atoms with Crippen LogP contribution in [0, 0.1) is 0 Å². The predicted molar refractivity (Wildman–Crippen MR) is 137 cm³/mol. The maximum Gasteiger partial charge on any atom is 0.329 e. The molecule has 0 spiro atoms. The van der Waals surface area contributed by atoms with Gasteiger partial charge in [0.25, 0.3) is 5.91 Å². The molecule has 1 heterocycles. The van der Waals surface area contributed by atoms with Gasteiger partial charge in [-0.3, -0.25) is 4.79 Å². The van der Waals surface area contributed by atoms with E-state index in [0.29, 0.717) is 29.4 Å². The van der Waals surface area contributed by atoms with Crippen molar-refractivity contribution in [2.24, 2.45) is 0 Å². The van der Waals surface area contributed by atoms with Crippen molar-refractivity contribution in [3.05, 3.63) is 90.0 Å². The van der Waals surface area contributed by atoms with Crippen LogP contribution in [-0.4, -0.2) is 42.3 Å². The van der Waals surface area contributed by atoms with Gasteiger partial charge >= 0.3 is 5.97 Å². The smallest absolute Gasteiger partial charge is 0.329 e. The second-order valence-electron chi connectivity index (χ2n) is 8.12. The van der Waals surface area contributed by atoms with E-state index in [-0.39, 0.29) is 17.3 Å². The number of carbonyl (C=O) groups excluding carboxylic acids is 2. The molecule has 0 aromatic heterocycles. The van der Waals surface area contributed by atoms with Crippen LogP contribution < -0.4 is 9.47 Å². The summed E-state index contributed by atoms with van der Waals surface area (Å²) < 4.78 is 17.0. The van der Waals surface area contributed by atoms with Gasteiger partial charge in [0.1, 0.15) is 28.7 Å². The molecule has 0 bridgehead atoms. The number of carbonyl (C=O) groups is 2. The lowest BCUT2D eigenvalue weighted by atomic mass is 10.1. The molecule has 1 saturated heterocycles. The second kappa shape index (κ2) is 11.8. The highest BCUT2D eigenvalue weighted by Crippen LogP contribution is 2.44. The Morgan fingerprint density at radius 3 is 2.49 bits per heavy atom. The van der Waals surface area contributed by atoms with Crippen molar-refractivity contribution in [2.45, 2.75) is 31.2 Å². The number of ether oxygens (including phenoxy) is 3. The maximum absolute atomic E-state index is 13.8. The molecule has 0 saturated carbocycles. The number of unbranched alkanes of at least 4 members (excludes halogenated alkanes) is 1. The van der Waals surface area contributed by atoms with Crippen LogP contribution in [-0.2, 0) is 9.53 Å². The highest BCUT2D eigenvalue weighted by Gasteiger charge is 2.44. The number of thioether (sulfide) groups is 1. The van der Waals surface area contributed by atoms with Gasteiger partial charge in [-0.15, -0.1) is 11.8 Å². The first-order chi connectivity index (χ1) is 17.1. The quantitative estimate of drug-likeness (QED) is 0.267. The van der Waals surface area contributed by atoms with E-state index in [0.717, 1.165) is 24.2 Å². The zero-order valence-electron chi connectivity index (χ0n) is 19.9. The van der Waals surface area contributed by atoms with E-state index >= 15 is 0 Å². The summed E-state index contributed by atoms with van der Waals surface area (Å²) in [5, 5.41) is -0.379. The van der Waals surface area contributed by atoms with Crippen LogP contribution in [0.1, 0.15) is 41.1 Å². The molecule has 0 N–H and O–H groups in total. The van der Waals surface area contributed by atoms with Gasteiger partial charge in [0.2, 0.25) is 0 Å². The largest absolute Gasteiger partial charge is 0.496 e. The first-order valence-corrected chi connectivity index (χ1v) is 12.7. The van der Waals surface area contributed by atoms with Crippen LogP contribution in [0.2, 0.25) is 0 Å². The average molecular weight is 492 g/mol. The topological polar surface area (TPSA) is 65.1 Å². The highest BCUT2D eigenvalue weighted by molar-refractivity contribution is 7.99. The summed E-state index contributed by atoms with van der Waals surface area (Å²) in [4.78, 5) is 28.5. The van der Waals surface area contributed by atoms with Crippen LogP contribution in [0.3, 0.4) is 0 Å². The molecule has 1 fully saturated rings. The fraction of sp³-hybridized carbons (Fsp3) is 0.286. The predicted octanol–water partition coefficient (Wildman–Crippen LogP) is 6.09. The molecule has 35 heavy (non-hydrogen) atoms. The van der Waals surface area contributed by atoms with Gasteiger partial charge in [-0.05, 0) is 48.4 Å². The molecule has 4 rings (SSSR count). The first-order valence-electron chi connectivity index (χ1n) is 11.7. The molecular weight excluding hydrogens is 462 g/mol. The number of hydrogen-bond donors (Lipinski definition) is 0. The van der Waals surface area contributed by atoms with E-state index in [2.05, 4.69) is 0 Å². The van der Waals surface area contributed by atoms with E-state index in [1.807, 2.05) is 67.6 Å². The summed E-state index contributed by atoms with van der Waals surface area (Å²) >= 11 is 1.54. The first kappa shape index (κ1) is 24.7. The Balaban J connectivity index is 1.65. The minimum Gasteiger partial charge on any atom is -0.496 e. The molecule has 1 aliphatic heterocycles. The Hall–Kier alpha value is -3.45. The van der Waals surface area contributed by atoms with Crippen molar-refractivity contribution in [2.75, 3.05) is 19.5 Å². The minimum atomic E-state index is -0.696. The Labute approximate surface area is 210 Å². The third kappa shape index (κ3) is 5.80. The Kier molecular flexibility index (Phi) is 8.32. The summed E-state index contributed by atoms with van der Waals surface area (Å²) in [6.45, 7) is 2.38. The SMILES string of the molecule is CCCCOC(=O)C1CSC(c2cccc(Oc3ccccc3)c2)N1C(=O)c1ccccc1OC.